The van der Waals surface area contributed by atoms with Crippen LogP contribution in [0.25, 0.3) is 0 Å². The third-order valence-electron chi connectivity index (χ3n) is 3.65. The van der Waals surface area contributed by atoms with E-state index in [-0.39, 0.29) is 0 Å². The average Bonchev–Trinajstić information content (AvgIpc) is 2.32. The number of hydrogen-bond donors (Lipinski definition) is 2. The van der Waals surface area contributed by atoms with E-state index in [4.69, 9.17) is 4.52 Å². The molecular weight excluding hydrogens is 237 g/mol. The predicted molar refractivity (Wildman–Crippen MR) is 71.6 cm³/mol. The van der Waals surface area contributed by atoms with E-state index in [0.717, 1.165) is 13.1 Å². The van der Waals surface area contributed by atoms with E-state index >= 15 is 0 Å². The van der Waals surface area contributed by atoms with Crippen LogP contribution in [0.4, 0.5) is 0 Å². The van der Waals surface area contributed by atoms with Crippen molar-refractivity contribution in [1.29, 1.82) is 0 Å². The van der Waals surface area contributed by atoms with Gasteiger partial charge in [0.25, 0.3) is 7.52 Å². The van der Waals surface area contributed by atoms with Crippen molar-refractivity contribution in [2.24, 2.45) is 5.92 Å². The molecular formula is C11H26N3O2P. The first-order chi connectivity index (χ1) is 7.98. The minimum atomic E-state index is -2.60. The number of nitrogens with zero attached hydrogens (tertiary/aromatic N) is 1. The minimum absolute atomic E-state index is 0.368. The maximum atomic E-state index is 11.8. The number of likely N-dealkylation sites (tertiary alicyclic amines) is 1. The molecule has 1 saturated heterocycles. The van der Waals surface area contributed by atoms with E-state index in [2.05, 4.69) is 22.4 Å². The Bertz CT molecular complexity index is 267. The quantitative estimate of drug-likeness (QED) is 0.700. The van der Waals surface area contributed by atoms with Crippen LogP contribution >= 0.6 is 7.52 Å². The zero-order valence-corrected chi connectivity index (χ0v) is 12.3. The van der Waals surface area contributed by atoms with Gasteiger partial charge in [-0.15, -0.1) is 0 Å². The van der Waals surface area contributed by atoms with Gasteiger partial charge in [-0.2, -0.15) is 0 Å². The van der Waals surface area contributed by atoms with Gasteiger partial charge in [-0.3, -0.25) is 4.57 Å². The Labute approximate surface area is 105 Å². The molecule has 0 aromatic rings. The fraction of sp³-hybridized carbons (Fsp3) is 1.00. The average molecular weight is 263 g/mol. The summed E-state index contributed by atoms with van der Waals surface area (Å²) in [6.45, 7) is 4.62. The largest absolute Gasteiger partial charge is 0.321 e. The zero-order chi connectivity index (χ0) is 12.9. The standard InChI is InChI=1S/C11H26N3O2P/c1-12-11(9-13-17(4,15)16-3)10-5-7-14(2)8-6-10/h10-12H,5-9H2,1-4H3,(H,13,15). The summed E-state index contributed by atoms with van der Waals surface area (Å²) in [5.41, 5.74) is 0. The number of likely N-dealkylation sites (N-methyl/N-ethyl adjacent to an activating group) is 1. The van der Waals surface area contributed by atoms with Crippen molar-refractivity contribution in [3.05, 3.63) is 0 Å². The van der Waals surface area contributed by atoms with E-state index in [1.807, 2.05) is 7.05 Å². The van der Waals surface area contributed by atoms with Crippen LogP contribution in [-0.2, 0) is 9.09 Å². The van der Waals surface area contributed by atoms with Gasteiger partial charge in [0.05, 0.1) is 0 Å². The molecule has 1 heterocycles. The first kappa shape index (κ1) is 15.1. The van der Waals surface area contributed by atoms with Crippen molar-refractivity contribution in [3.8, 4) is 0 Å². The van der Waals surface area contributed by atoms with Gasteiger partial charge in [0.2, 0.25) is 0 Å². The summed E-state index contributed by atoms with van der Waals surface area (Å²) in [5, 5.41) is 6.35. The van der Waals surface area contributed by atoms with Crippen LogP contribution in [0.2, 0.25) is 0 Å². The van der Waals surface area contributed by atoms with Gasteiger partial charge in [-0.25, -0.2) is 5.09 Å². The smallest absolute Gasteiger partial charge is 0.266 e. The Hall–Kier alpha value is 0.0700. The van der Waals surface area contributed by atoms with E-state index in [0.29, 0.717) is 18.5 Å². The van der Waals surface area contributed by atoms with Crippen molar-refractivity contribution < 1.29 is 9.09 Å². The van der Waals surface area contributed by atoms with Crippen LogP contribution < -0.4 is 10.4 Å². The Balaban J connectivity index is 2.40. The Kier molecular flexibility index (Phi) is 6.10. The van der Waals surface area contributed by atoms with Crippen LogP contribution in [0, 0.1) is 5.92 Å². The molecule has 2 unspecified atom stereocenters. The molecule has 5 nitrogen and oxygen atoms in total. The lowest BCUT2D eigenvalue weighted by atomic mass is 9.90. The summed E-state index contributed by atoms with van der Waals surface area (Å²) in [6, 6.07) is 0.368. The van der Waals surface area contributed by atoms with Crippen LogP contribution in [-0.4, -0.2) is 58.4 Å². The third-order valence-corrected chi connectivity index (χ3v) is 5.10. The fourth-order valence-corrected chi connectivity index (χ4v) is 2.92. The van der Waals surface area contributed by atoms with Crippen LogP contribution in [0.15, 0.2) is 0 Å². The Morgan fingerprint density at radius 1 is 1.47 bits per heavy atom. The lowest BCUT2D eigenvalue weighted by Crippen LogP contribution is -2.45. The van der Waals surface area contributed by atoms with E-state index in [9.17, 15) is 4.57 Å². The van der Waals surface area contributed by atoms with E-state index in [1.54, 1.807) is 6.66 Å². The SMILES string of the molecule is CNC(CNP(C)(=O)OC)C1CCN(C)CC1. The summed E-state index contributed by atoms with van der Waals surface area (Å²) < 4.78 is 16.7. The monoisotopic (exact) mass is 263 g/mol. The van der Waals surface area contributed by atoms with Crippen LogP contribution in [0.1, 0.15) is 12.8 Å². The Morgan fingerprint density at radius 3 is 2.53 bits per heavy atom. The molecule has 1 fully saturated rings. The summed E-state index contributed by atoms with van der Waals surface area (Å²) in [7, 11) is 3.01. The normalized spacial score (nSPS) is 24.5. The topological polar surface area (TPSA) is 53.6 Å². The van der Waals surface area contributed by atoms with E-state index in [1.165, 1.54) is 20.0 Å². The molecule has 2 N–H and O–H groups in total. The molecule has 0 radical (unpaired) electrons. The second-order valence-corrected chi connectivity index (χ2v) is 7.30. The molecule has 0 amide bonds. The molecule has 0 aromatic carbocycles. The predicted octanol–water partition coefficient (Wildman–Crippen LogP) is 0.975. The third kappa shape index (κ3) is 5.06. The molecule has 1 rings (SSSR count). The molecule has 0 aromatic heterocycles. The van der Waals surface area contributed by atoms with E-state index < -0.39 is 7.52 Å². The fourth-order valence-electron chi connectivity index (χ4n) is 2.26. The summed E-state index contributed by atoms with van der Waals surface area (Å²) in [6.07, 6.45) is 2.40. The van der Waals surface area contributed by atoms with Crippen molar-refractivity contribution in [3.63, 3.8) is 0 Å². The lowest BCUT2D eigenvalue weighted by molar-refractivity contribution is 0.187. The molecule has 0 bridgehead atoms. The molecule has 0 spiro atoms. The van der Waals surface area contributed by atoms with Crippen molar-refractivity contribution in [1.82, 2.24) is 15.3 Å². The van der Waals surface area contributed by atoms with Crippen molar-refractivity contribution in [2.45, 2.75) is 18.9 Å². The molecule has 17 heavy (non-hydrogen) atoms. The second kappa shape index (κ2) is 6.86. The van der Waals surface area contributed by atoms with Gasteiger partial charge >= 0.3 is 0 Å². The van der Waals surface area contributed by atoms with Crippen LogP contribution in [0.3, 0.4) is 0 Å². The summed E-state index contributed by atoms with van der Waals surface area (Å²) >= 11 is 0. The molecule has 1 aliphatic rings. The van der Waals surface area contributed by atoms with Gasteiger partial charge in [0.1, 0.15) is 0 Å². The highest BCUT2D eigenvalue weighted by molar-refractivity contribution is 7.56. The zero-order valence-electron chi connectivity index (χ0n) is 11.4. The summed E-state index contributed by atoms with van der Waals surface area (Å²) in [4.78, 5) is 2.36. The number of piperidine rings is 1. The first-order valence-corrected chi connectivity index (χ1v) is 8.30. The molecule has 0 aliphatic carbocycles. The van der Waals surface area contributed by atoms with Gasteiger partial charge in [0.15, 0.2) is 0 Å². The van der Waals surface area contributed by atoms with Gasteiger partial charge in [-0.1, -0.05) is 0 Å². The van der Waals surface area contributed by atoms with Gasteiger partial charge < -0.3 is 14.7 Å². The number of nitrogens with one attached hydrogen (secondary N) is 2. The lowest BCUT2D eigenvalue weighted by Gasteiger charge is -2.34. The second-order valence-electron chi connectivity index (χ2n) is 4.93. The molecule has 1 aliphatic heterocycles. The number of hydrogen-bond acceptors (Lipinski definition) is 4. The highest BCUT2D eigenvalue weighted by Gasteiger charge is 2.25. The maximum Gasteiger partial charge on any atom is 0.266 e. The van der Waals surface area contributed by atoms with Crippen LogP contribution in [0.5, 0.6) is 0 Å². The van der Waals surface area contributed by atoms with Crippen molar-refractivity contribution in [2.75, 3.05) is 47.5 Å². The minimum Gasteiger partial charge on any atom is -0.321 e. The molecule has 2 atom stereocenters. The van der Waals surface area contributed by atoms with Crippen molar-refractivity contribution >= 4 is 7.52 Å². The highest BCUT2D eigenvalue weighted by Crippen LogP contribution is 2.35. The number of rotatable bonds is 6. The van der Waals surface area contributed by atoms with Gasteiger partial charge in [0, 0.05) is 26.4 Å². The highest BCUT2D eigenvalue weighted by atomic mass is 31.2. The molecule has 102 valence electrons. The molecule has 6 heteroatoms. The van der Waals surface area contributed by atoms with Gasteiger partial charge in [-0.05, 0) is 45.9 Å². The molecule has 0 saturated carbocycles. The summed E-state index contributed by atoms with van der Waals surface area (Å²) in [5.74, 6) is 0.653. The first-order valence-electron chi connectivity index (χ1n) is 6.22. The Morgan fingerprint density at radius 2 is 2.06 bits per heavy atom. The maximum absolute atomic E-state index is 11.8.